The van der Waals surface area contributed by atoms with Crippen LogP contribution in [0.4, 0.5) is 0 Å². The third-order valence-electron chi connectivity index (χ3n) is 3.82. The molecule has 0 saturated heterocycles. The third kappa shape index (κ3) is 2.83. The largest absolute Gasteiger partial charge is 0.343 e. The molecule has 1 amide bonds. The number of imidazole rings is 1. The second-order valence-corrected chi connectivity index (χ2v) is 5.61. The van der Waals surface area contributed by atoms with Gasteiger partial charge < -0.3 is 9.47 Å². The first-order chi connectivity index (χ1) is 10.1. The molecule has 0 unspecified atom stereocenters. The van der Waals surface area contributed by atoms with Crippen LogP contribution in [-0.4, -0.2) is 45.9 Å². The van der Waals surface area contributed by atoms with Crippen molar-refractivity contribution in [3.63, 3.8) is 0 Å². The van der Waals surface area contributed by atoms with E-state index in [1.165, 1.54) is 5.56 Å². The van der Waals surface area contributed by atoms with Gasteiger partial charge in [0.25, 0.3) is 5.91 Å². The average Bonchev–Trinajstić information content (AvgIpc) is 2.90. The van der Waals surface area contributed by atoms with Gasteiger partial charge in [0.1, 0.15) is 11.5 Å². The van der Waals surface area contributed by atoms with Crippen molar-refractivity contribution in [2.75, 3.05) is 20.6 Å². The van der Waals surface area contributed by atoms with Crippen LogP contribution in [0.3, 0.4) is 0 Å². The fourth-order valence-corrected chi connectivity index (χ4v) is 2.69. The van der Waals surface area contributed by atoms with Gasteiger partial charge in [-0.1, -0.05) is 30.3 Å². The summed E-state index contributed by atoms with van der Waals surface area (Å²) in [5.41, 5.74) is 2.00. The number of benzene rings is 1. The lowest BCUT2D eigenvalue weighted by Crippen LogP contribution is -2.35. The van der Waals surface area contributed by atoms with Gasteiger partial charge in [-0.15, -0.1) is 0 Å². The number of nitrogens with zero attached hydrogens (tertiary/aromatic N) is 4. The number of aromatic nitrogens is 2. The summed E-state index contributed by atoms with van der Waals surface area (Å²) in [5, 5.41) is 0. The van der Waals surface area contributed by atoms with Crippen molar-refractivity contribution in [3.8, 4) is 0 Å². The summed E-state index contributed by atoms with van der Waals surface area (Å²) in [6, 6.07) is 10.4. The number of hydrogen-bond acceptors (Lipinski definition) is 3. The van der Waals surface area contributed by atoms with Crippen LogP contribution in [0.15, 0.2) is 36.5 Å². The molecule has 1 aromatic heterocycles. The Morgan fingerprint density at radius 1 is 1.24 bits per heavy atom. The molecule has 0 bridgehead atoms. The van der Waals surface area contributed by atoms with Gasteiger partial charge in [0.2, 0.25) is 0 Å². The van der Waals surface area contributed by atoms with E-state index in [1.54, 1.807) is 25.2 Å². The van der Waals surface area contributed by atoms with Gasteiger partial charge in [0.05, 0.1) is 12.7 Å². The van der Waals surface area contributed by atoms with Crippen LogP contribution in [0.25, 0.3) is 0 Å². The van der Waals surface area contributed by atoms with Crippen molar-refractivity contribution in [1.29, 1.82) is 0 Å². The predicted molar refractivity (Wildman–Crippen MR) is 80.8 cm³/mol. The monoisotopic (exact) mass is 284 g/mol. The SMILES string of the molecule is CN(C)C(=O)c1cnc2n1CCN(Cc1ccccc1)C2. The summed E-state index contributed by atoms with van der Waals surface area (Å²) in [7, 11) is 3.54. The molecular formula is C16H20N4O. The Morgan fingerprint density at radius 2 is 2.00 bits per heavy atom. The zero-order valence-corrected chi connectivity index (χ0v) is 12.5. The molecule has 0 radical (unpaired) electrons. The fourth-order valence-electron chi connectivity index (χ4n) is 2.69. The normalized spacial score (nSPS) is 14.8. The van der Waals surface area contributed by atoms with Gasteiger partial charge in [0.15, 0.2) is 0 Å². The van der Waals surface area contributed by atoms with E-state index >= 15 is 0 Å². The zero-order chi connectivity index (χ0) is 14.8. The second-order valence-electron chi connectivity index (χ2n) is 5.61. The molecule has 2 heterocycles. The minimum Gasteiger partial charge on any atom is -0.343 e. The van der Waals surface area contributed by atoms with Crippen LogP contribution >= 0.6 is 0 Å². The maximum atomic E-state index is 12.1. The van der Waals surface area contributed by atoms with Crippen molar-refractivity contribution in [1.82, 2.24) is 19.4 Å². The summed E-state index contributed by atoms with van der Waals surface area (Å²) < 4.78 is 2.05. The lowest BCUT2D eigenvalue weighted by Gasteiger charge is -2.28. The molecule has 1 aliphatic heterocycles. The topological polar surface area (TPSA) is 41.4 Å². The Bertz CT molecular complexity index is 633. The van der Waals surface area contributed by atoms with E-state index in [2.05, 4.69) is 34.1 Å². The third-order valence-corrected chi connectivity index (χ3v) is 3.82. The minimum atomic E-state index is 0.0188. The Hall–Kier alpha value is -2.14. The van der Waals surface area contributed by atoms with Crippen molar-refractivity contribution in [2.24, 2.45) is 0 Å². The molecule has 1 aromatic carbocycles. The summed E-state index contributed by atoms with van der Waals surface area (Å²) >= 11 is 0. The molecule has 0 atom stereocenters. The highest BCUT2D eigenvalue weighted by molar-refractivity contribution is 5.92. The number of rotatable bonds is 3. The van der Waals surface area contributed by atoms with E-state index < -0.39 is 0 Å². The number of carbonyl (C=O) groups excluding carboxylic acids is 1. The molecule has 0 N–H and O–H groups in total. The van der Waals surface area contributed by atoms with Gasteiger partial charge >= 0.3 is 0 Å². The highest BCUT2D eigenvalue weighted by Crippen LogP contribution is 2.17. The number of hydrogen-bond donors (Lipinski definition) is 0. The van der Waals surface area contributed by atoms with Crippen LogP contribution < -0.4 is 0 Å². The summed E-state index contributed by atoms with van der Waals surface area (Å²) in [6.45, 7) is 3.46. The first-order valence-corrected chi connectivity index (χ1v) is 7.17. The van der Waals surface area contributed by atoms with Crippen LogP contribution in [0, 0.1) is 0 Å². The average molecular weight is 284 g/mol. The second kappa shape index (κ2) is 5.69. The van der Waals surface area contributed by atoms with Crippen molar-refractivity contribution in [3.05, 3.63) is 53.6 Å². The smallest absolute Gasteiger partial charge is 0.271 e. The molecule has 2 aromatic rings. The fraction of sp³-hybridized carbons (Fsp3) is 0.375. The lowest BCUT2D eigenvalue weighted by molar-refractivity contribution is 0.0812. The van der Waals surface area contributed by atoms with E-state index in [4.69, 9.17) is 0 Å². The summed E-state index contributed by atoms with van der Waals surface area (Å²) in [4.78, 5) is 20.5. The van der Waals surface area contributed by atoms with Gasteiger partial charge in [-0.3, -0.25) is 9.69 Å². The standard InChI is InChI=1S/C16H20N4O/c1-18(2)16(21)14-10-17-15-12-19(8-9-20(14)15)11-13-6-4-3-5-7-13/h3-7,10H,8-9,11-12H2,1-2H3. The number of carbonyl (C=O) groups is 1. The van der Waals surface area contributed by atoms with E-state index in [0.29, 0.717) is 5.69 Å². The first kappa shape index (κ1) is 13.8. The molecular weight excluding hydrogens is 264 g/mol. The summed E-state index contributed by atoms with van der Waals surface area (Å²) in [5.74, 6) is 0.993. The van der Waals surface area contributed by atoms with Crippen LogP contribution in [0.2, 0.25) is 0 Å². The molecule has 0 spiro atoms. The van der Waals surface area contributed by atoms with E-state index in [-0.39, 0.29) is 5.91 Å². The summed E-state index contributed by atoms with van der Waals surface area (Å²) in [6.07, 6.45) is 1.70. The lowest BCUT2D eigenvalue weighted by atomic mass is 10.2. The Morgan fingerprint density at radius 3 is 2.71 bits per heavy atom. The van der Waals surface area contributed by atoms with Crippen molar-refractivity contribution in [2.45, 2.75) is 19.6 Å². The zero-order valence-electron chi connectivity index (χ0n) is 12.5. The van der Waals surface area contributed by atoms with E-state index in [0.717, 1.165) is 32.0 Å². The Balaban J connectivity index is 1.74. The van der Waals surface area contributed by atoms with Crippen LogP contribution in [0.1, 0.15) is 21.9 Å². The Kier molecular flexibility index (Phi) is 3.75. The van der Waals surface area contributed by atoms with Crippen molar-refractivity contribution < 1.29 is 4.79 Å². The molecule has 1 aliphatic rings. The highest BCUT2D eigenvalue weighted by atomic mass is 16.2. The van der Waals surface area contributed by atoms with Crippen LogP contribution in [-0.2, 0) is 19.6 Å². The predicted octanol–water partition coefficient (Wildman–Crippen LogP) is 1.60. The van der Waals surface area contributed by atoms with E-state index in [1.807, 2.05) is 10.6 Å². The minimum absolute atomic E-state index is 0.0188. The number of fused-ring (bicyclic) bond motifs is 1. The maximum absolute atomic E-state index is 12.1. The van der Waals surface area contributed by atoms with Crippen molar-refractivity contribution >= 4 is 5.91 Å². The molecule has 3 rings (SSSR count). The molecule has 0 fully saturated rings. The van der Waals surface area contributed by atoms with Gasteiger partial charge in [0, 0.05) is 33.7 Å². The molecule has 5 nitrogen and oxygen atoms in total. The molecule has 21 heavy (non-hydrogen) atoms. The molecule has 0 saturated carbocycles. The quantitative estimate of drug-likeness (QED) is 0.859. The van der Waals surface area contributed by atoms with E-state index in [9.17, 15) is 4.79 Å². The van der Waals surface area contributed by atoms with Gasteiger partial charge in [-0.05, 0) is 5.56 Å². The van der Waals surface area contributed by atoms with Gasteiger partial charge in [-0.25, -0.2) is 4.98 Å². The molecule has 5 heteroatoms. The molecule has 110 valence electrons. The highest BCUT2D eigenvalue weighted by Gasteiger charge is 2.23. The van der Waals surface area contributed by atoms with Crippen LogP contribution in [0.5, 0.6) is 0 Å². The maximum Gasteiger partial charge on any atom is 0.271 e. The number of amides is 1. The van der Waals surface area contributed by atoms with Gasteiger partial charge in [-0.2, -0.15) is 0 Å². The Labute approximate surface area is 124 Å². The first-order valence-electron chi connectivity index (χ1n) is 7.17. The molecule has 0 aliphatic carbocycles.